The van der Waals surface area contributed by atoms with Crippen LogP contribution in [0.3, 0.4) is 0 Å². The standard InChI is InChI=1S/C17H14ClN3O2/c1-11-2-4-13(5-3-11)17-20-15(21-23-17)10-19-16(22)12-6-8-14(18)9-7-12/h2-9H,10H2,1H3,(H,19,22). The van der Waals surface area contributed by atoms with Crippen LogP contribution in [0, 0.1) is 6.92 Å². The fraction of sp³-hybridized carbons (Fsp3) is 0.118. The van der Waals surface area contributed by atoms with Gasteiger partial charge in [-0.25, -0.2) is 0 Å². The van der Waals surface area contributed by atoms with Gasteiger partial charge in [-0.05, 0) is 43.3 Å². The molecular weight excluding hydrogens is 314 g/mol. The van der Waals surface area contributed by atoms with E-state index < -0.39 is 0 Å². The molecule has 0 aliphatic heterocycles. The van der Waals surface area contributed by atoms with E-state index in [9.17, 15) is 4.79 Å². The van der Waals surface area contributed by atoms with Crippen LogP contribution in [-0.4, -0.2) is 16.0 Å². The van der Waals surface area contributed by atoms with Gasteiger partial charge in [0.25, 0.3) is 11.8 Å². The van der Waals surface area contributed by atoms with E-state index in [0.717, 1.165) is 11.1 Å². The summed E-state index contributed by atoms with van der Waals surface area (Å²) in [4.78, 5) is 16.3. The van der Waals surface area contributed by atoms with Gasteiger partial charge in [0.05, 0.1) is 6.54 Å². The molecule has 3 aromatic rings. The Kier molecular flexibility index (Phi) is 4.39. The average molecular weight is 328 g/mol. The number of amides is 1. The molecule has 116 valence electrons. The minimum absolute atomic E-state index is 0.191. The lowest BCUT2D eigenvalue weighted by atomic mass is 10.1. The molecule has 2 aromatic carbocycles. The van der Waals surface area contributed by atoms with Gasteiger partial charge in [-0.3, -0.25) is 4.79 Å². The molecular formula is C17H14ClN3O2. The van der Waals surface area contributed by atoms with Gasteiger partial charge in [-0.2, -0.15) is 4.98 Å². The molecule has 0 bridgehead atoms. The number of aryl methyl sites for hydroxylation is 1. The molecule has 0 aliphatic rings. The fourth-order valence-corrected chi connectivity index (χ4v) is 2.13. The normalized spacial score (nSPS) is 10.5. The molecule has 0 saturated heterocycles. The largest absolute Gasteiger partial charge is 0.345 e. The van der Waals surface area contributed by atoms with E-state index in [1.807, 2.05) is 31.2 Å². The maximum Gasteiger partial charge on any atom is 0.257 e. The molecule has 1 aromatic heterocycles. The van der Waals surface area contributed by atoms with E-state index in [4.69, 9.17) is 16.1 Å². The number of nitrogens with zero attached hydrogens (tertiary/aromatic N) is 2. The first-order valence-corrected chi connectivity index (χ1v) is 7.43. The van der Waals surface area contributed by atoms with Crippen molar-refractivity contribution in [3.05, 3.63) is 70.5 Å². The van der Waals surface area contributed by atoms with Crippen molar-refractivity contribution in [2.45, 2.75) is 13.5 Å². The molecule has 0 aliphatic carbocycles. The van der Waals surface area contributed by atoms with Crippen molar-refractivity contribution >= 4 is 17.5 Å². The highest BCUT2D eigenvalue weighted by Gasteiger charge is 2.10. The Morgan fingerprint density at radius 3 is 2.52 bits per heavy atom. The first-order chi connectivity index (χ1) is 11.1. The van der Waals surface area contributed by atoms with E-state index in [0.29, 0.717) is 22.3 Å². The Balaban J connectivity index is 1.64. The lowest BCUT2D eigenvalue weighted by Crippen LogP contribution is -2.23. The Morgan fingerprint density at radius 1 is 1.13 bits per heavy atom. The highest BCUT2D eigenvalue weighted by atomic mass is 35.5. The predicted octanol–water partition coefficient (Wildman–Crippen LogP) is 3.63. The number of hydrogen-bond acceptors (Lipinski definition) is 4. The first-order valence-electron chi connectivity index (χ1n) is 7.05. The van der Waals surface area contributed by atoms with Gasteiger partial charge in [0.2, 0.25) is 0 Å². The Morgan fingerprint density at radius 2 is 1.83 bits per heavy atom. The van der Waals surface area contributed by atoms with Gasteiger partial charge in [-0.15, -0.1) is 0 Å². The summed E-state index contributed by atoms with van der Waals surface area (Å²) >= 11 is 5.80. The number of halogens is 1. The second kappa shape index (κ2) is 6.62. The van der Waals surface area contributed by atoms with Crippen molar-refractivity contribution in [3.63, 3.8) is 0 Å². The van der Waals surface area contributed by atoms with Crippen LogP contribution < -0.4 is 5.32 Å². The molecule has 1 heterocycles. The monoisotopic (exact) mass is 327 g/mol. The highest BCUT2D eigenvalue weighted by molar-refractivity contribution is 6.30. The lowest BCUT2D eigenvalue weighted by Gasteiger charge is -2.02. The van der Waals surface area contributed by atoms with E-state index >= 15 is 0 Å². The molecule has 3 rings (SSSR count). The maximum atomic E-state index is 12.0. The van der Waals surface area contributed by atoms with Gasteiger partial charge < -0.3 is 9.84 Å². The Labute approximate surface area is 138 Å². The Bertz CT molecular complexity index is 811. The zero-order chi connectivity index (χ0) is 16.2. The van der Waals surface area contributed by atoms with Gasteiger partial charge in [0.15, 0.2) is 5.82 Å². The van der Waals surface area contributed by atoms with Gasteiger partial charge in [0, 0.05) is 16.1 Å². The van der Waals surface area contributed by atoms with Crippen molar-refractivity contribution < 1.29 is 9.32 Å². The zero-order valence-electron chi connectivity index (χ0n) is 12.4. The van der Waals surface area contributed by atoms with Crippen LogP contribution >= 0.6 is 11.6 Å². The lowest BCUT2D eigenvalue weighted by molar-refractivity contribution is 0.0949. The summed E-state index contributed by atoms with van der Waals surface area (Å²) in [6.45, 7) is 2.20. The second-order valence-electron chi connectivity index (χ2n) is 5.07. The minimum Gasteiger partial charge on any atom is -0.345 e. The molecule has 6 heteroatoms. The molecule has 0 atom stereocenters. The molecule has 0 fully saturated rings. The molecule has 0 saturated carbocycles. The number of carbonyl (C=O) groups is 1. The van der Waals surface area contributed by atoms with Gasteiger partial charge in [0.1, 0.15) is 0 Å². The second-order valence-corrected chi connectivity index (χ2v) is 5.51. The van der Waals surface area contributed by atoms with Crippen molar-refractivity contribution in [2.75, 3.05) is 0 Å². The van der Waals surface area contributed by atoms with Crippen LogP contribution in [0.2, 0.25) is 5.02 Å². The molecule has 0 spiro atoms. The summed E-state index contributed by atoms with van der Waals surface area (Å²) in [5.41, 5.74) is 2.53. The number of aromatic nitrogens is 2. The number of nitrogens with one attached hydrogen (secondary N) is 1. The molecule has 0 radical (unpaired) electrons. The van der Waals surface area contributed by atoms with E-state index in [1.54, 1.807) is 24.3 Å². The van der Waals surface area contributed by atoms with E-state index in [-0.39, 0.29) is 12.5 Å². The van der Waals surface area contributed by atoms with Crippen LogP contribution in [0.1, 0.15) is 21.7 Å². The number of carbonyl (C=O) groups excluding carboxylic acids is 1. The zero-order valence-corrected chi connectivity index (χ0v) is 13.2. The van der Waals surface area contributed by atoms with Gasteiger partial charge in [-0.1, -0.05) is 34.5 Å². The molecule has 5 nitrogen and oxygen atoms in total. The molecule has 1 amide bonds. The quantitative estimate of drug-likeness (QED) is 0.794. The third-order valence-electron chi connectivity index (χ3n) is 3.28. The predicted molar refractivity (Wildman–Crippen MR) is 87.1 cm³/mol. The minimum atomic E-state index is -0.219. The van der Waals surface area contributed by atoms with Crippen LogP contribution in [0.4, 0.5) is 0 Å². The molecule has 1 N–H and O–H groups in total. The Hall–Kier alpha value is -2.66. The first kappa shape index (κ1) is 15.2. The summed E-state index contributed by atoms with van der Waals surface area (Å²) in [7, 11) is 0. The van der Waals surface area contributed by atoms with Crippen molar-refractivity contribution in [2.24, 2.45) is 0 Å². The van der Waals surface area contributed by atoms with Crippen LogP contribution in [0.5, 0.6) is 0 Å². The third kappa shape index (κ3) is 3.76. The van der Waals surface area contributed by atoms with Crippen LogP contribution in [-0.2, 0) is 6.54 Å². The summed E-state index contributed by atoms with van der Waals surface area (Å²) in [6.07, 6.45) is 0. The summed E-state index contributed by atoms with van der Waals surface area (Å²) in [5.74, 6) is 0.631. The fourth-order valence-electron chi connectivity index (χ4n) is 2.00. The third-order valence-corrected chi connectivity index (χ3v) is 3.53. The van der Waals surface area contributed by atoms with Gasteiger partial charge >= 0.3 is 0 Å². The summed E-state index contributed by atoms with van der Waals surface area (Å²) < 4.78 is 5.21. The topological polar surface area (TPSA) is 68.0 Å². The van der Waals surface area contributed by atoms with E-state index in [2.05, 4.69) is 15.5 Å². The number of hydrogen-bond donors (Lipinski definition) is 1. The average Bonchev–Trinajstić information content (AvgIpc) is 3.03. The smallest absolute Gasteiger partial charge is 0.257 e. The van der Waals surface area contributed by atoms with Crippen LogP contribution in [0.15, 0.2) is 53.1 Å². The number of benzene rings is 2. The number of rotatable bonds is 4. The molecule has 0 unspecified atom stereocenters. The van der Waals surface area contributed by atoms with Crippen molar-refractivity contribution in [1.29, 1.82) is 0 Å². The summed E-state index contributed by atoms with van der Waals surface area (Å²) in [5, 5.41) is 7.20. The molecule has 23 heavy (non-hydrogen) atoms. The SMILES string of the molecule is Cc1ccc(-c2nc(CNC(=O)c3ccc(Cl)cc3)no2)cc1. The maximum absolute atomic E-state index is 12.0. The van der Waals surface area contributed by atoms with Crippen molar-refractivity contribution in [1.82, 2.24) is 15.5 Å². The highest BCUT2D eigenvalue weighted by Crippen LogP contribution is 2.17. The van der Waals surface area contributed by atoms with Crippen molar-refractivity contribution in [3.8, 4) is 11.5 Å². The van der Waals surface area contributed by atoms with E-state index in [1.165, 1.54) is 0 Å². The summed E-state index contributed by atoms with van der Waals surface area (Å²) in [6, 6.07) is 14.4. The van der Waals surface area contributed by atoms with Crippen LogP contribution in [0.25, 0.3) is 11.5 Å².